The van der Waals surface area contributed by atoms with Crippen LogP contribution in [0.5, 0.6) is 0 Å². The highest BCUT2D eigenvalue weighted by atomic mass is 32.2. The van der Waals surface area contributed by atoms with E-state index in [4.69, 9.17) is 0 Å². The Bertz CT molecular complexity index is 765. The van der Waals surface area contributed by atoms with Crippen LogP contribution in [-0.2, 0) is 16.6 Å². The maximum atomic E-state index is 13.0. The van der Waals surface area contributed by atoms with E-state index in [2.05, 4.69) is 14.8 Å². The van der Waals surface area contributed by atoms with Crippen molar-refractivity contribution in [3.05, 3.63) is 29.7 Å². The van der Waals surface area contributed by atoms with Gasteiger partial charge < -0.3 is 4.57 Å². The van der Waals surface area contributed by atoms with Crippen LogP contribution in [0.2, 0.25) is 0 Å². The highest BCUT2D eigenvalue weighted by Crippen LogP contribution is 2.37. The Morgan fingerprint density at radius 3 is 2.87 bits per heavy atom. The third-order valence-electron chi connectivity index (χ3n) is 4.61. The fraction of sp³-hybridized carbons (Fsp3) is 0.600. The van der Waals surface area contributed by atoms with Gasteiger partial charge in [-0.05, 0) is 43.0 Å². The largest absolute Gasteiger partial charge is 0.316 e. The number of sulfonamides is 1. The zero-order valence-corrected chi connectivity index (χ0v) is 14.5. The van der Waals surface area contributed by atoms with Crippen LogP contribution < -0.4 is 0 Å². The van der Waals surface area contributed by atoms with Crippen LogP contribution in [0.25, 0.3) is 0 Å². The fourth-order valence-corrected chi connectivity index (χ4v) is 5.99. The van der Waals surface area contributed by atoms with Gasteiger partial charge in [0, 0.05) is 13.1 Å². The molecule has 0 radical (unpaired) electrons. The lowest BCUT2D eigenvalue weighted by atomic mass is 10.0. The molecule has 1 saturated heterocycles. The Hall–Kier alpha value is -1.25. The van der Waals surface area contributed by atoms with Crippen LogP contribution in [0, 0.1) is 5.92 Å². The van der Waals surface area contributed by atoms with Gasteiger partial charge in [0.1, 0.15) is 10.5 Å². The molecule has 3 heterocycles. The van der Waals surface area contributed by atoms with E-state index in [-0.39, 0.29) is 6.04 Å². The molecular formula is C15H20N4O2S2. The lowest BCUT2D eigenvalue weighted by molar-refractivity contribution is 0.240. The molecule has 2 fully saturated rings. The lowest BCUT2D eigenvalue weighted by Crippen LogP contribution is -2.39. The zero-order valence-electron chi connectivity index (χ0n) is 12.8. The minimum Gasteiger partial charge on any atom is -0.316 e. The van der Waals surface area contributed by atoms with Crippen molar-refractivity contribution in [3.8, 4) is 0 Å². The van der Waals surface area contributed by atoms with E-state index in [1.807, 2.05) is 0 Å². The molecule has 1 aliphatic carbocycles. The molecule has 0 aromatic carbocycles. The Morgan fingerprint density at radius 1 is 1.26 bits per heavy atom. The normalized spacial score (nSPS) is 23.2. The molecule has 0 bridgehead atoms. The maximum Gasteiger partial charge on any atom is 0.253 e. The number of thiophene rings is 1. The van der Waals surface area contributed by atoms with Gasteiger partial charge in [-0.15, -0.1) is 21.5 Å². The summed E-state index contributed by atoms with van der Waals surface area (Å²) in [6.45, 7) is 1.47. The molecule has 2 aromatic heterocycles. The Labute approximate surface area is 140 Å². The molecule has 1 saturated carbocycles. The summed E-state index contributed by atoms with van der Waals surface area (Å²) >= 11 is 1.28. The van der Waals surface area contributed by atoms with Gasteiger partial charge in [0.15, 0.2) is 5.82 Å². The molecule has 8 heteroatoms. The van der Waals surface area contributed by atoms with Gasteiger partial charge in [0.25, 0.3) is 10.0 Å². The zero-order chi connectivity index (χ0) is 15.9. The highest BCUT2D eigenvalue weighted by Gasteiger charge is 2.38. The van der Waals surface area contributed by atoms with E-state index in [9.17, 15) is 8.42 Å². The first-order valence-corrected chi connectivity index (χ1v) is 10.4. The van der Waals surface area contributed by atoms with Gasteiger partial charge in [0.05, 0.1) is 6.04 Å². The molecule has 4 rings (SSSR count). The first-order chi connectivity index (χ1) is 11.2. The van der Waals surface area contributed by atoms with Crippen LogP contribution in [0.15, 0.2) is 28.0 Å². The van der Waals surface area contributed by atoms with E-state index in [1.54, 1.807) is 28.1 Å². The number of aromatic nitrogens is 3. The van der Waals surface area contributed by atoms with Crippen molar-refractivity contribution in [1.82, 2.24) is 19.1 Å². The van der Waals surface area contributed by atoms with Gasteiger partial charge in [-0.3, -0.25) is 0 Å². The Balaban J connectivity index is 1.67. The van der Waals surface area contributed by atoms with Crippen molar-refractivity contribution in [1.29, 1.82) is 0 Å². The highest BCUT2D eigenvalue weighted by molar-refractivity contribution is 7.91. The lowest BCUT2D eigenvalue weighted by Gasteiger charge is -2.33. The number of piperidine rings is 1. The van der Waals surface area contributed by atoms with Gasteiger partial charge in [-0.2, -0.15) is 4.31 Å². The van der Waals surface area contributed by atoms with E-state index in [0.29, 0.717) is 16.7 Å². The third-order valence-corrected chi connectivity index (χ3v) is 7.89. The van der Waals surface area contributed by atoms with Crippen molar-refractivity contribution in [3.63, 3.8) is 0 Å². The monoisotopic (exact) mass is 352 g/mol. The van der Waals surface area contributed by atoms with Crippen molar-refractivity contribution in [2.75, 3.05) is 6.54 Å². The number of nitrogens with zero attached hydrogens (tertiary/aromatic N) is 4. The van der Waals surface area contributed by atoms with Crippen LogP contribution in [0.1, 0.15) is 44.0 Å². The molecule has 1 unspecified atom stereocenters. The minimum atomic E-state index is -3.45. The summed E-state index contributed by atoms with van der Waals surface area (Å²) < 4.78 is 30.1. The average molecular weight is 352 g/mol. The smallest absolute Gasteiger partial charge is 0.253 e. The summed E-state index contributed by atoms with van der Waals surface area (Å²) in [5.41, 5.74) is 0. The Kier molecular flexibility index (Phi) is 3.98. The standard InChI is InChI=1S/C15H20N4O2S2/c20-23(21,14-5-3-9-22-14)19-8-2-1-4-13(19)15-17-16-11-18(15)10-12-6-7-12/h3,5,9,11-13H,1-2,4,6-8,10H2. The second-order valence-electron chi connectivity index (χ2n) is 6.34. The molecule has 0 amide bonds. The van der Waals surface area contributed by atoms with Gasteiger partial charge >= 0.3 is 0 Å². The first-order valence-electron chi connectivity index (χ1n) is 8.09. The van der Waals surface area contributed by atoms with E-state index in [1.165, 1.54) is 24.2 Å². The number of hydrogen-bond donors (Lipinski definition) is 0. The number of rotatable bonds is 5. The summed E-state index contributed by atoms with van der Waals surface area (Å²) in [6.07, 6.45) is 6.99. The topological polar surface area (TPSA) is 68.1 Å². The molecule has 0 N–H and O–H groups in total. The van der Waals surface area contributed by atoms with Crippen LogP contribution >= 0.6 is 11.3 Å². The third kappa shape index (κ3) is 2.95. The molecule has 0 spiro atoms. The second-order valence-corrected chi connectivity index (χ2v) is 9.41. The summed E-state index contributed by atoms with van der Waals surface area (Å²) in [5.74, 6) is 1.51. The molecule has 2 aliphatic rings. The van der Waals surface area contributed by atoms with Crippen LogP contribution in [0.4, 0.5) is 0 Å². The first kappa shape index (κ1) is 15.3. The fourth-order valence-electron chi connectivity index (χ4n) is 3.22. The summed E-state index contributed by atoms with van der Waals surface area (Å²) in [5, 5.41) is 10.1. The van der Waals surface area contributed by atoms with Crippen molar-refractivity contribution in [2.45, 2.75) is 48.9 Å². The van der Waals surface area contributed by atoms with Crippen LogP contribution in [0.3, 0.4) is 0 Å². The molecule has 2 aromatic rings. The summed E-state index contributed by atoms with van der Waals surface area (Å²) in [6, 6.07) is 3.27. The second kappa shape index (κ2) is 5.99. The molecular weight excluding hydrogens is 332 g/mol. The number of hydrogen-bond acceptors (Lipinski definition) is 5. The van der Waals surface area contributed by atoms with Gasteiger partial charge in [-0.25, -0.2) is 8.42 Å². The predicted octanol–water partition coefficient (Wildman–Crippen LogP) is 2.67. The quantitative estimate of drug-likeness (QED) is 0.830. The molecule has 1 atom stereocenters. The molecule has 124 valence electrons. The average Bonchev–Trinajstić information content (AvgIpc) is 3.04. The van der Waals surface area contributed by atoms with E-state index >= 15 is 0 Å². The van der Waals surface area contributed by atoms with Crippen molar-refractivity contribution >= 4 is 21.4 Å². The molecule has 6 nitrogen and oxygen atoms in total. The van der Waals surface area contributed by atoms with E-state index in [0.717, 1.165) is 31.6 Å². The minimum absolute atomic E-state index is 0.197. The van der Waals surface area contributed by atoms with E-state index < -0.39 is 10.0 Å². The van der Waals surface area contributed by atoms with Crippen LogP contribution in [-0.4, -0.2) is 34.0 Å². The maximum absolute atomic E-state index is 13.0. The van der Waals surface area contributed by atoms with Crippen molar-refractivity contribution in [2.24, 2.45) is 5.92 Å². The summed E-state index contributed by atoms with van der Waals surface area (Å²) in [4.78, 5) is 0. The predicted molar refractivity (Wildman–Crippen MR) is 87.5 cm³/mol. The van der Waals surface area contributed by atoms with Crippen molar-refractivity contribution < 1.29 is 8.42 Å². The molecule has 23 heavy (non-hydrogen) atoms. The SMILES string of the molecule is O=S(=O)(c1cccs1)N1CCCCC1c1nncn1CC1CC1. The summed E-state index contributed by atoms with van der Waals surface area (Å²) in [7, 11) is -3.45. The van der Waals surface area contributed by atoms with Gasteiger partial charge in [0.2, 0.25) is 0 Å². The molecule has 1 aliphatic heterocycles. The Morgan fingerprint density at radius 2 is 2.13 bits per heavy atom. The van der Waals surface area contributed by atoms with Gasteiger partial charge in [-0.1, -0.05) is 12.5 Å².